The van der Waals surface area contributed by atoms with E-state index < -0.39 is 32.7 Å². The van der Waals surface area contributed by atoms with Gasteiger partial charge in [-0.1, -0.05) is 42.5 Å². The summed E-state index contributed by atoms with van der Waals surface area (Å²) < 4.78 is 41.1. The third-order valence-corrected chi connectivity index (χ3v) is 8.99. The van der Waals surface area contributed by atoms with E-state index in [4.69, 9.17) is 0 Å². The smallest absolute Gasteiger partial charge is 0.245 e. The largest absolute Gasteiger partial charge is 0.352 e. The van der Waals surface area contributed by atoms with Crippen LogP contribution in [0.25, 0.3) is 21.3 Å². The van der Waals surface area contributed by atoms with Gasteiger partial charge in [0.05, 0.1) is 17.7 Å². The number of anilines is 1. The van der Waals surface area contributed by atoms with Gasteiger partial charge in [-0.3, -0.25) is 14.4 Å². The van der Waals surface area contributed by atoms with E-state index in [0.29, 0.717) is 16.0 Å². The van der Waals surface area contributed by atoms with E-state index in [1.165, 1.54) is 0 Å². The summed E-state index contributed by atoms with van der Waals surface area (Å²) in [5.41, 5.74) is 2.14. The first-order chi connectivity index (χ1) is 19.6. The van der Waals surface area contributed by atoms with Crippen molar-refractivity contribution in [3.8, 4) is 11.1 Å². The van der Waals surface area contributed by atoms with Gasteiger partial charge in [0.1, 0.15) is 10.5 Å². The van der Waals surface area contributed by atoms with Crippen LogP contribution >= 0.6 is 11.3 Å². The third-order valence-electron chi connectivity index (χ3n) is 6.46. The van der Waals surface area contributed by atoms with Crippen LogP contribution in [0, 0.1) is 5.82 Å². The zero-order valence-electron chi connectivity index (χ0n) is 22.0. The van der Waals surface area contributed by atoms with Gasteiger partial charge in [-0.15, -0.1) is 11.3 Å². The van der Waals surface area contributed by atoms with E-state index in [0.717, 1.165) is 36.0 Å². The van der Waals surface area contributed by atoms with Crippen molar-refractivity contribution in [2.75, 3.05) is 18.1 Å². The Kier molecular flexibility index (Phi) is 8.13. The van der Waals surface area contributed by atoms with Gasteiger partial charge >= 0.3 is 0 Å². The molecule has 1 aliphatic rings. The van der Waals surface area contributed by atoms with Crippen molar-refractivity contribution in [1.29, 1.82) is 0 Å². The molecule has 1 aliphatic carbocycles. The number of nitrogens with zero attached hydrogens (tertiary/aromatic N) is 1. The van der Waals surface area contributed by atoms with Crippen LogP contribution in [0.5, 0.6) is 0 Å². The highest BCUT2D eigenvalue weighted by atomic mass is 32.2. The van der Waals surface area contributed by atoms with E-state index >= 15 is 4.39 Å². The number of carbonyl (C=O) groups is 3. The lowest BCUT2D eigenvalue weighted by Gasteiger charge is -2.12. The van der Waals surface area contributed by atoms with E-state index in [1.54, 1.807) is 36.4 Å². The molecule has 1 fully saturated rings. The summed E-state index contributed by atoms with van der Waals surface area (Å²) in [5, 5.41) is 6.12. The van der Waals surface area contributed by atoms with Gasteiger partial charge in [0.2, 0.25) is 17.7 Å². The number of halogens is 1. The second kappa shape index (κ2) is 11.8. The zero-order chi connectivity index (χ0) is 29.1. The average molecular weight is 595 g/mol. The predicted octanol–water partition coefficient (Wildman–Crippen LogP) is 3.76. The molecule has 3 N–H and O–H groups in total. The fraction of sp³-hybridized carbons (Fsp3) is 0.241. The Hall–Kier alpha value is -4.16. The van der Waals surface area contributed by atoms with Crippen LogP contribution in [0.3, 0.4) is 0 Å². The van der Waals surface area contributed by atoms with Crippen molar-refractivity contribution in [2.45, 2.75) is 30.6 Å². The van der Waals surface area contributed by atoms with Crippen LogP contribution in [-0.4, -0.2) is 50.0 Å². The number of aromatic nitrogens is 1. The first-order valence-corrected chi connectivity index (χ1v) is 15.6. The SMILES string of the molecule is CS(=O)(=O)C(C(=O)NCC(=O)NC1CC1)c1nc2c(F)c(-c3ccc(NC(=O)Cc4ccccc4)cc3)ccc2s1. The molecule has 1 aromatic heterocycles. The molecule has 0 saturated heterocycles. The van der Waals surface area contributed by atoms with E-state index in [-0.39, 0.29) is 41.0 Å². The molecule has 0 aliphatic heterocycles. The van der Waals surface area contributed by atoms with Crippen LogP contribution in [-0.2, 0) is 30.6 Å². The number of rotatable bonds is 10. The molecule has 3 amide bonds. The Balaban J connectivity index is 1.33. The molecule has 3 aromatic carbocycles. The number of sulfone groups is 1. The second-order valence-electron chi connectivity index (χ2n) is 9.88. The molecular formula is C29H27FN4O5S2. The molecule has 0 radical (unpaired) electrons. The fourth-order valence-corrected chi connectivity index (χ4v) is 6.79. The zero-order valence-corrected chi connectivity index (χ0v) is 23.6. The van der Waals surface area contributed by atoms with Crippen LogP contribution in [0.1, 0.15) is 28.7 Å². The van der Waals surface area contributed by atoms with Crippen molar-refractivity contribution in [3.63, 3.8) is 0 Å². The molecule has 1 unspecified atom stereocenters. The summed E-state index contributed by atoms with van der Waals surface area (Å²) in [4.78, 5) is 41.4. The lowest BCUT2D eigenvalue weighted by Crippen LogP contribution is -2.41. The summed E-state index contributed by atoms with van der Waals surface area (Å²) in [6, 6.07) is 19.3. The van der Waals surface area contributed by atoms with E-state index in [9.17, 15) is 22.8 Å². The molecule has 0 spiro atoms. The van der Waals surface area contributed by atoms with Gasteiger partial charge in [0, 0.05) is 23.5 Å². The monoisotopic (exact) mass is 594 g/mol. The fourth-order valence-electron chi connectivity index (χ4n) is 4.29. The van der Waals surface area contributed by atoms with Crippen molar-refractivity contribution in [2.24, 2.45) is 0 Å². The molecule has 12 heteroatoms. The van der Waals surface area contributed by atoms with Gasteiger partial charge in [0.15, 0.2) is 20.9 Å². The van der Waals surface area contributed by atoms with Crippen LogP contribution in [0.15, 0.2) is 66.7 Å². The molecule has 5 rings (SSSR count). The standard InChI is InChI=1S/C29H27FN4O5S2/c1-41(38,39)27(28(37)31-16-24(36)33-20-11-12-20)29-34-26-22(40-29)14-13-21(25(26)30)18-7-9-19(10-8-18)32-23(35)15-17-5-3-2-4-6-17/h2-10,13-14,20,27H,11-12,15-16H2,1H3,(H,31,37)(H,32,35)(H,33,36). The van der Waals surface area contributed by atoms with Crippen molar-refractivity contribution in [1.82, 2.24) is 15.6 Å². The number of benzene rings is 3. The maximum atomic E-state index is 15.6. The highest BCUT2D eigenvalue weighted by Gasteiger charge is 2.35. The van der Waals surface area contributed by atoms with Gasteiger partial charge in [-0.2, -0.15) is 0 Å². The lowest BCUT2D eigenvalue weighted by atomic mass is 10.0. The van der Waals surface area contributed by atoms with Crippen molar-refractivity contribution < 1.29 is 27.2 Å². The van der Waals surface area contributed by atoms with Crippen molar-refractivity contribution >= 4 is 54.8 Å². The minimum atomic E-state index is -3.99. The summed E-state index contributed by atoms with van der Waals surface area (Å²) in [7, 11) is -3.99. The highest BCUT2D eigenvalue weighted by molar-refractivity contribution is 7.91. The normalized spacial score (nSPS) is 13.9. The van der Waals surface area contributed by atoms with Crippen LogP contribution < -0.4 is 16.0 Å². The van der Waals surface area contributed by atoms with E-state index in [2.05, 4.69) is 20.9 Å². The lowest BCUT2D eigenvalue weighted by molar-refractivity contribution is -0.126. The Morgan fingerprint density at radius 2 is 1.71 bits per heavy atom. The topological polar surface area (TPSA) is 134 Å². The molecule has 1 heterocycles. The highest BCUT2D eigenvalue weighted by Crippen LogP contribution is 2.36. The Morgan fingerprint density at radius 3 is 2.37 bits per heavy atom. The second-order valence-corrected chi connectivity index (χ2v) is 13.1. The number of carbonyl (C=O) groups excluding carboxylic acids is 3. The van der Waals surface area contributed by atoms with Gasteiger partial charge in [-0.25, -0.2) is 17.8 Å². The van der Waals surface area contributed by atoms with Crippen LogP contribution in [0.2, 0.25) is 0 Å². The molecule has 0 bridgehead atoms. The first-order valence-electron chi connectivity index (χ1n) is 12.9. The Morgan fingerprint density at radius 1 is 1.00 bits per heavy atom. The predicted molar refractivity (Wildman–Crippen MR) is 156 cm³/mol. The Labute approximate surface area is 240 Å². The molecule has 1 atom stereocenters. The van der Waals surface area contributed by atoms with Crippen LogP contribution in [0.4, 0.5) is 10.1 Å². The number of nitrogens with one attached hydrogen (secondary N) is 3. The molecule has 9 nitrogen and oxygen atoms in total. The molecule has 1 saturated carbocycles. The minimum Gasteiger partial charge on any atom is -0.352 e. The minimum absolute atomic E-state index is 0.0596. The van der Waals surface area contributed by atoms with E-state index in [1.807, 2.05) is 30.3 Å². The number of thiazole rings is 1. The molecule has 212 valence electrons. The molecule has 4 aromatic rings. The third kappa shape index (κ3) is 6.95. The number of hydrogen-bond donors (Lipinski definition) is 3. The summed E-state index contributed by atoms with van der Waals surface area (Å²) in [6.07, 6.45) is 2.87. The number of amides is 3. The first kappa shape index (κ1) is 28.4. The summed E-state index contributed by atoms with van der Waals surface area (Å²) >= 11 is 0.904. The Bertz CT molecular complexity index is 1720. The average Bonchev–Trinajstić information content (AvgIpc) is 3.63. The maximum absolute atomic E-state index is 15.6. The van der Waals surface area contributed by atoms with Gasteiger partial charge in [-0.05, 0) is 48.2 Å². The van der Waals surface area contributed by atoms with Crippen molar-refractivity contribution in [3.05, 3.63) is 83.1 Å². The quantitative estimate of drug-likeness (QED) is 0.256. The van der Waals surface area contributed by atoms with Gasteiger partial charge < -0.3 is 16.0 Å². The number of fused-ring (bicyclic) bond motifs is 1. The maximum Gasteiger partial charge on any atom is 0.245 e. The summed E-state index contributed by atoms with van der Waals surface area (Å²) in [6.45, 7) is -0.368. The number of hydrogen-bond acceptors (Lipinski definition) is 7. The molecular weight excluding hydrogens is 567 g/mol. The van der Waals surface area contributed by atoms with Gasteiger partial charge in [0.25, 0.3) is 0 Å². The summed E-state index contributed by atoms with van der Waals surface area (Å²) in [5.74, 6) is -2.15. The molecule has 41 heavy (non-hydrogen) atoms.